The summed E-state index contributed by atoms with van der Waals surface area (Å²) in [6.07, 6.45) is 1.33. The first kappa shape index (κ1) is 12.7. The smallest absolute Gasteiger partial charge is 0.234 e. The molecule has 3 aromatic rings. The van der Waals surface area contributed by atoms with Crippen LogP contribution >= 0.6 is 11.6 Å². The van der Waals surface area contributed by atoms with Crippen LogP contribution in [0.15, 0.2) is 29.2 Å². The van der Waals surface area contributed by atoms with Gasteiger partial charge >= 0.3 is 0 Å². The molecule has 7 heteroatoms. The Morgan fingerprint density at radius 3 is 2.90 bits per heavy atom. The van der Waals surface area contributed by atoms with Gasteiger partial charge in [-0.2, -0.15) is 5.10 Å². The molecule has 2 N–H and O–H groups in total. The number of nitrogens with zero attached hydrogens (tertiary/aromatic N) is 2. The molecule has 0 saturated carbocycles. The van der Waals surface area contributed by atoms with Gasteiger partial charge in [-0.1, -0.05) is 17.7 Å². The second-order valence-electron chi connectivity index (χ2n) is 4.30. The minimum absolute atomic E-state index is 0.0492. The Morgan fingerprint density at radius 1 is 1.45 bits per heavy atom. The summed E-state index contributed by atoms with van der Waals surface area (Å²) < 4.78 is 15.4. The number of fused-ring (bicyclic) bond motifs is 1. The van der Waals surface area contributed by atoms with Crippen molar-refractivity contribution >= 4 is 22.6 Å². The average molecular weight is 294 g/mol. The summed E-state index contributed by atoms with van der Waals surface area (Å²) in [5.41, 5.74) is -0.357. The van der Waals surface area contributed by atoms with Gasteiger partial charge in [-0.3, -0.25) is 9.48 Å². The van der Waals surface area contributed by atoms with Gasteiger partial charge in [-0.25, -0.2) is 4.39 Å². The van der Waals surface area contributed by atoms with Crippen molar-refractivity contribution in [1.29, 1.82) is 0 Å². The third-order valence-electron chi connectivity index (χ3n) is 3.09. The maximum absolute atomic E-state index is 13.9. The first-order chi connectivity index (χ1) is 9.50. The van der Waals surface area contributed by atoms with Gasteiger partial charge in [0.15, 0.2) is 5.75 Å². The summed E-state index contributed by atoms with van der Waals surface area (Å²) in [5.74, 6) is -1.22. The van der Waals surface area contributed by atoms with Gasteiger partial charge in [0.2, 0.25) is 5.43 Å². The SMILES string of the molecule is Cn1ncc2c(=O)c(O)c(-c3c(F)cccc3Cl)[nH]c21. The number of nitrogens with one attached hydrogen (secondary N) is 1. The van der Waals surface area contributed by atoms with E-state index in [1.807, 2.05) is 0 Å². The van der Waals surface area contributed by atoms with Crippen LogP contribution in [0.4, 0.5) is 4.39 Å². The third kappa shape index (κ3) is 1.69. The van der Waals surface area contributed by atoms with E-state index in [0.717, 1.165) is 0 Å². The number of benzene rings is 1. The summed E-state index contributed by atoms with van der Waals surface area (Å²) in [6, 6.07) is 4.12. The Labute approximate surface area is 117 Å². The molecule has 0 radical (unpaired) electrons. The number of hydrogen-bond donors (Lipinski definition) is 2. The van der Waals surface area contributed by atoms with Crippen molar-refractivity contribution in [2.45, 2.75) is 0 Å². The highest BCUT2D eigenvalue weighted by Gasteiger charge is 2.19. The van der Waals surface area contributed by atoms with Crippen molar-refractivity contribution in [2.24, 2.45) is 7.05 Å². The van der Waals surface area contributed by atoms with Crippen LogP contribution in [0.5, 0.6) is 5.75 Å². The van der Waals surface area contributed by atoms with Crippen molar-refractivity contribution in [2.75, 3.05) is 0 Å². The van der Waals surface area contributed by atoms with E-state index >= 15 is 0 Å². The van der Waals surface area contributed by atoms with E-state index in [0.29, 0.717) is 5.65 Å². The van der Waals surface area contributed by atoms with Crippen molar-refractivity contribution in [3.8, 4) is 17.0 Å². The summed E-state index contributed by atoms with van der Waals surface area (Å²) in [6.45, 7) is 0. The molecular weight excluding hydrogens is 285 g/mol. The minimum atomic E-state index is -0.634. The van der Waals surface area contributed by atoms with Gasteiger partial charge in [0.05, 0.1) is 27.9 Å². The Morgan fingerprint density at radius 2 is 2.20 bits per heavy atom. The molecule has 0 unspecified atom stereocenters. The number of pyridine rings is 1. The average Bonchev–Trinajstić information content (AvgIpc) is 2.77. The fraction of sp³-hybridized carbons (Fsp3) is 0.0769. The summed E-state index contributed by atoms with van der Waals surface area (Å²) >= 11 is 5.96. The molecule has 0 aliphatic carbocycles. The molecule has 0 atom stereocenters. The maximum atomic E-state index is 13.9. The van der Waals surface area contributed by atoms with Crippen LogP contribution in [-0.2, 0) is 7.05 Å². The Balaban J connectivity index is 2.46. The van der Waals surface area contributed by atoms with Crippen LogP contribution in [0.1, 0.15) is 0 Å². The van der Waals surface area contributed by atoms with E-state index in [-0.39, 0.29) is 21.7 Å². The zero-order valence-corrected chi connectivity index (χ0v) is 11.1. The molecular formula is C13H9ClFN3O2. The van der Waals surface area contributed by atoms with E-state index in [9.17, 15) is 14.3 Å². The molecule has 102 valence electrons. The van der Waals surface area contributed by atoms with Gasteiger partial charge < -0.3 is 10.1 Å². The van der Waals surface area contributed by atoms with E-state index in [2.05, 4.69) is 10.1 Å². The third-order valence-corrected chi connectivity index (χ3v) is 3.41. The van der Waals surface area contributed by atoms with Crippen molar-refractivity contribution in [1.82, 2.24) is 14.8 Å². The standard InChI is InChI=1S/C13H9ClFN3O2/c1-18-13-6(5-16-18)11(19)12(20)10(17-13)9-7(14)3-2-4-8(9)15/h2-5,20H,1H3,(H,17,19). The Kier molecular flexibility index (Phi) is 2.76. The second-order valence-corrected chi connectivity index (χ2v) is 4.71. The first-order valence-electron chi connectivity index (χ1n) is 5.72. The lowest BCUT2D eigenvalue weighted by molar-refractivity contribution is 0.470. The van der Waals surface area contributed by atoms with E-state index in [1.54, 1.807) is 7.05 Å². The molecule has 0 fully saturated rings. The van der Waals surface area contributed by atoms with Gasteiger partial charge in [0, 0.05) is 7.05 Å². The van der Waals surface area contributed by atoms with Crippen LogP contribution in [0.25, 0.3) is 22.3 Å². The van der Waals surface area contributed by atoms with Gasteiger partial charge in [0.1, 0.15) is 11.5 Å². The molecule has 2 heterocycles. The molecule has 3 rings (SSSR count). The van der Waals surface area contributed by atoms with E-state index in [4.69, 9.17) is 11.6 Å². The fourth-order valence-corrected chi connectivity index (χ4v) is 2.35. The highest BCUT2D eigenvalue weighted by Crippen LogP contribution is 2.34. The molecule has 0 aliphatic rings. The number of aromatic nitrogens is 3. The zero-order chi connectivity index (χ0) is 14.4. The molecule has 0 amide bonds. The first-order valence-corrected chi connectivity index (χ1v) is 6.10. The topological polar surface area (TPSA) is 70.9 Å². The molecule has 1 aromatic carbocycles. The largest absolute Gasteiger partial charge is 0.503 e. The van der Waals surface area contributed by atoms with Gasteiger partial charge in [-0.05, 0) is 12.1 Å². The highest BCUT2D eigenvalue weighted by molar-refractivity contribution is 6.33. The lowest BCUT2D eigenvalue weighted by Crippen LogP contribution is -2.06. The molecule has 0 bridgehead atoms. The second kappa shape index (κ2) is 4.35. The lowest BCUT2D eigenvalue weighted by Gasteiger charge is -2.09. The molecule has 0 aliphatic heterocycles. The van der Waals surface area contributed by atoms with Crippen LogP contribution in [-0.4, -0.2) is 19.9 Å². The van der Waals surface area contributed by atoms with Gasteiger partial charge in [0.25, 0.3) is 0 Å². The van der Waals surface area contributed by atoms with E-state index in [1.165, 1.54) is 29.1 Å². The van der Waals surface area contributed by atoms with E-state index < -0.39 is 17.0 Å². The molecule has 2 aromatic heterocycles. The number of aryl methyl sites for hydroxylation is 1. The van der Waals surface area contributed by atoms with Crippen LogP contribution in [0, 0.1) is 5.82 Å². The zero-order valence-electron chi connectivity index (χ0n) is 10.3. The monoisotopic (exact) mass is 293 g/mol. The predicted octanol–water partition coefficient (Wildman–Crippen LogP) is 2.43. The predicted molar refractivity (Wildman–Crippen MR) is 73.4 cm³/mol. The van der Waals surface area contributed by atoms with Crippen LogP contribution < -0.4 is 5.43 Å². The van der Waals surface area contributed by atoms with Crippen molar-refractivity contribution in [3.63, 3.8) is 0 Å². The number of aromatic hydroxyl groups is 1. The number of halogens is 2. The van der Waals surface area contributed by atoms with Crippen molar-refractivity contribution < 1.29 is 9.50 Å². The number of H-pyrrole nitrogens is 1. The Hall–Kier alpha value is -2.34. The molecule has 20 heavy (non-hydrogen) atoms. The maximum Gasteiger partial charge on any atom is 0.234 e. The van der Waals surface area contributed by atoms with Gasteiger partial charge in [-0.15, -0.1) is 0 Å². The summed E-state index contributed by atoms with van der Waals surface area (Å²) in [5, 5.41) is 14.2. The number of hydrogen-bond acceptors (Lipinski definition) is 3. The summed E-state index contributed by atoms with van der Waals surface area (Å²) in [4.78, 5) is 14.9. The number of aromatic amines is 1. The normalized spacial score (nSPS) is 11.2. The summed E-state index contributed by atoms with van der Waals surface area (Å²) in [7, 11) is 1.63. The Bertz CT molecular complexity index is 865. The lowest BCUT2D eigenvalue weighted by atomic mass is 10.1. The number of rotatable bonds is 1. The van der Waals surface area contributed by atoms with Crippen LogP contribution in [0.2, 0.25) is 5.02 Å². The van der Waals surface area contributed by atoms with Crippen molar-refractivity contribution in [3.05, 3.63) is 45.5 Å². The van der Waals surface area contributed by atoms with Crippen LogP contribution in [0.3, 0.4) is 0 Å². The quantitative estimate of drug-likeness (QED) is 0.724. The molecule has 0 saturated heterocycles. The molecule has 0 spiro atoms. The fourth-order valence-electron chi connectivity index (χ4n) is 2.09. The minimum Gasteiger partial charge on any atom is -0.503 e. The highest BCUT2D eigenvalue weighted by atomic mass is 35.5. The molecule has 5 nitrogen and oxygen atoms in total.